The van der Waals surface area contributed by atoms with Crippen LogP contribution in [-0.2, 0) is 14.4 Å². The number of nitrogens with one attached hydrogen (secondary N) is 1. The average molecular weight is 256 g/mol. The molecule has 1 fully saturated rings. The van der Waals surface area contributed by atoms with Gasteiger partial charge in [-0.1, -0.05) is 0 Å². The Morgan fingerprint density at radius 3 is 2.39 bits per heavy atom. The lowest BCUT2D eigenvalue weighted by atomic mass is 10.1. The molecule has 1 unspecified atom stereocenters. The third-order valence-electron chi connectivity index (χ3n) is 3.11. The van der Waals surface area contributed by atoms with Crippen molar-refractivity contribution in [2.45, 2.75) is 32.6 Å². The van der Waals surface area contributed by atoms with Gasteiger partial charge in [0.25, 0.3) is 0 Å². The van der Waals surface area contributed by atoms with Crippen molar-refractivity contribution in [3.05, 3.63) is 0 Å². The number of carboxylic acids is 1. The highest BCUT2D eigenvalue weighted by Crippen LogP contribution is 2.09. The van der Waals surface area contributed by atoms with E-state index in [1.54, 1.807) is 4.90 Å². The molecule has 0 aromatic heterocycles. The van der Waals surface area contributed by atoms with Gasteiger partial charge in [-0.05, 0) is 26.2 Å². The second kappa shape index (κ2) is 6.98. The zero-order valence-electron chi connectivity index (χ0n) is 10.6. The minimum atomic E-state index is -1.16. The monoisotopic (exact) mass is 256 g/mol. The van der Waals surface area contributed by atoms with E-state index in [1.165, 1.54) is 6.92 Å². The first-order valence-corrected chi connectivity index (χ1v) is 6.30. The molecule has 102 valence electrons. The standard InChI is InChI=1S/C12H20N2O4/c1-9(12(17)18)11(16)13-6-5-10(15)14-7-3-2-4-8-14/h9H,2-8H2,1H3,(H,13,16)(H,17,18). The first-order chi connectivity index (χ1) is 8.52. The second-order valence-corrected chi connectivity index (χ2v) is 4.54. The van der Waals surface area contributed by atoms with E-state index in [1.807, 2.05) is 0 Å². The molecule has 1 atom stereocenters. The molecule has 0 saturated carbocycles. The van der Waals surface area contributed by atoms with Gasteiger partial charge >= 0.3 is 5.97 Å². The lowest BCUT2D eigenvalue weighted by molar-refractivity contribution is -0.146. The number of hydrogen-bond acceptors (Lipinski definition) is 3. The first-order valence-electron chi connectivity index (χ1n) is 6.30. The molecule has 1 aliphatic rings. The third kappa shape index (κ3) is 4.35. The maximum absolute atomic E-state index is 11.7. The van der Waals surface area contributed by atoms with Crippen LogP contribution in [0, 0.1) is 5.92 Å². The lowest BCUT2D eigenvalue weighted by Crippen LogP contribution is -2.39. The summed E-state index contributed by atoms with van der Waals surface area (Å²) in [6.07, 6.45) is 3.47. The molecule has 18 heavy (non-hydrogen) atoms. The summed E-state index contributed by atoms with van der Waals surface area (Å²) in [6, 6.07) is 0. The summed E-state index contributed by atoms with van der Waals surface area (Å²) < 4.78 is 0. The van der Waals surface area contributed by atoms with E-state index in [-0.39, 0.29) is 18.9 Å². The van der Waals surface area contributed by atoms with Gasteiger partial charge in [-0.15, -0.1) is 0 Å². The van der Waals surface area contributed by atoms with Crippen LogP contribution < -0.4 is 5.32 Å². The van der Waals surface area contributed by atoms with E-state index < -0.39 is 17.8 Å². The molecule has 2 N–H and O–H groups in total. The van der Waals surface area contributed by atoms with Crippen LogP contribution in [0.2, 0.25) is 0 Å². The maximum atomic E-state index is 11.7. The summed E-state index contributed by atoms with van der Waals surface area (Å²) in [6.45, 7) is 3.10. The number of amides is 2. The summed E-state index contributed by atoms with van der Waals surface area (Å²) in [5.74, 6) is -2.75. The number of aliphatic carboxylic acids is 1. The lowest BCUT2D eigenvalue weighted by Gasteiger charge is -2.26. The Kier molecular flexibility index (Phi) is 5.61. The van der Waals surface area contributed by atoms with Crippen LogP contribution in [0.15, 0.2) is 0 Å². The van der Waals surface area contributed by atoms with Crippen LogP contribution in [-0.4, -0.2) is 47.4 Å². The molecule has 6 nitrogen and oxygen atoms in total. The second-order valence-electron chi connectivity index (χ2n) is 4.54. The molecule has 2 amide bonds. The highest BCUT2D eigenvalue weighted by Gasteiger charge is 2.21. The van der Waals surface area contributed by atoms with E-state index >= 15 is 0 Å². The first kappa shape index (κ1) is 14.5. The van der Waals surface area contributed by atoms with Crippen molar-refractivity contribution in [3.8, 4) is 0 Å². The average Bonchev–Trinajstić information content (AvgIpc) is 2.38. The van der Waals surface area contributed by atoms with Crippen molar-refractivity contribution in [3.63, 3.8) is 0 Å². The van der Waals surface area contributed by atoms with Crippen molar-refractivity contribution < 1.29 is 19.5 Å². The Morgan fingerprint density at radius 1 is 1.22 bits per heavy atom. The number of hydrogen-bond donors (Lipinski definition) is 2. The Morgan fingerprint density at radius 2 is 1.83 bits per heavy atom. The summed E-state index contributed by atoms with van der Waals surface area (Å²) in [5.41, 5.74) is 0. The van der Waals surface area contributed by atoms with Crippen molar-refractivity contribution in [1.82, 2.24) is 10.2 Å². The molecule has 1 rings (SSSR count). The van der Waals surface area contributed by atoms with Gasteiger partial charge in [0.1, 0.15) is 5.92 Å². The SMILES string of the molecule is CC(C(=O)O)C(=O)NCCC(=O)N1CCCCC1. The van der Waals surface area contributed by atoms with Crippen LogP contribution >= 0.6 is 0 Å². The van der Waals surface area contributed by atoms with E-state index in [4.69, 9.17) is 5.11 Å². The zero-order chi connectivity index (χ0) is 13.5. The fourth-order valence-electron chi connectivity index (χ4n) is 1.86. The van der Waals surface area contributed by atoms with Crippen molar-refractivity contribution in [2.75, 3.05) is 19.6 Å². The van der Waals surface area contributed by atoms with Gasteiger partial charge < -0.3 is 15.3 Å². The molecule has 1 heterocycles. The maximum Gasteiger partial charge on any atom is 0.315 e. The quantitative estimate of drug-likeness (QED) is 0.689. The molecule has 0 aliphatic carbocycles. The number of nitrogens with zero attached hydrogens (tertiary/aromatic N) is 1. The van der Waals surface area contributed by atoms with Crippen LogP contribution in [0.5, 0.6) is 0 Å². The zero-order valence-corrected chi connectivity index (χ0v) is 10.6. The van der Waals surface area contributed by atoms with Crippen LogP contribution in [0.3, 0.4) is 0 Å². The Balaban J connectivity index is 2.22. The topological polar surface area (TPSA) is 86.7 Å². The van der Waals surface area contributed by atoms with Gasteiger partial charge in [-0.3, -0.25) is 14.4 Å². The van der Waals surface area contributed by atoms with Gasteiger partial charge in [-0.2, -0.15) is 0 Å². The van der Waals surface area contributed by atoms with E-state index in [0.29, 0.717) is 0 Å². The third-order valence-corrected chi connectivity index (χ3v) is 3.11. The van der Waals surface area contributed by atoms with Crippen molar-refractivity contribution >= 4 is 17.8 Å². The van der Waals surface area contributed by atoms with Gasteiger partial charge in [0.05, 0.1) is 0 Å². The van der Waals surface area contributed by atoms with Gasteiger partial charge in [-0.25, -0.2) is 0 Å². The molecule has 0 aromatic carbocycles. The fraction of sp³-hybridized carbons (Fsp3) is 0.750. The largest absolute Gasteiger partial charge is 0.481 e. The van der Waals surface area contributed by atoms with Crippen LogP contribution in [0.25, 0.3) is 0 Å². The minimum absolute atomic E-state index is 0.0259. The number of likely N-dealkylation sites (tertiary alicyclic amines) is 1. The van der Waals surface area contributed by atoms with Gasteiger partial charge in [0.2, 0.25) is 11.8 Å². The molecule has 0 spiro atoms. The molecule has 1 aliphatic heterocycles. The van der Waals surface area contributed by atoms with Gasteiger partial charge in [0, 0.05) is 26.1 Å². The molecule has 0 aromatic rings. The van der Waals surface area contributed by atoms with Crippen molar-refractivity contribution in [1.29, 1.82) is 0 Å². The number of piperidine rings is 1. The molecular weight excluding hydrogens is 236 g/mol. The highest BCUT2D eigenvalue weighted by atomic mass is 16.4. The Hall–Kier alpha value is -1.59. The Labute approximate surface area is 106 Å². The smallest absolute Gasteiger partial charge is 0.315 e. The predicted octanol–water partition coefficient (Wildman–Crippen LogP) is 0.226. The Bertz CT molecular complexity index is 324. The molecular formula is C12H20N2O4. The minimum Gasteiger partial charge on any atom is -0.481 e. The van der Waals surface area contributed by atoms with E-state index in [9.17, 15) is 14.4 Å². The summed E-state index contributed by atoms with van der Waals surface area (Å²) >= 11 is 0. The normalized spacial score (nSPS) is 17.1. The van der Waals surface area contributed by atoms with Crippen molar-refractivity contribution in [2.24, 2.45) is 5.92 Å². The molecule has 6 heteroatoms. The highest BCUT2D eigenvalue weighted by molar-refractivity contribution is 5.96. The molecule has 0 radical (unpaired) electrons. The summed E-state index contributed by atoms with van der Waals surface area (Å²) in [4.78, 5) is 35.4. The number of carbonyl (C=O) groups excluding carboxylic acids is 2. The summed E-state index contributed by atoms with van der Waals surface area (Å²) in [7, 11) is 0. The van der Waals surface area contributed by atoms with Crippen LogP contribution in [0.4, 0.5) is 0 Å². The van der Waals surface area contributed by atoms with E-state index in [0.717, 1.165) is 32.4 Å². The van der Waals surface area contributed by atoms with E-state index in [2.05, 4.69) is 5.32 Å². The van der Waals surface area contributed by atoms with Gasteiger partial charge in [0.15, 0.2) is 0 Å². The number of rotatable bonds is 5. The molecule has 0 bridgehead atoms. The predicted molar refractivity (Wildman–Crippen MR) is 64.9 cm³/mol. The number of carbonyl (C=O) groups is 3. The number of carboxylic acid groups (broad SMARTS) is 1. The molecule has 1 saturated heterocycles. The summed E-state index contributed by atoms with van der Waals surface area (Å²) in [5, 5.41) is 11.1. The fourth-order valence-corrected chi connectivity index (χ4v) is 1.86. The van der Waals surface area contributed by atoms with Crippen LogP contribution in [0.1, 0.15) is 32.6 Å².